The molecule has 0 N–H and O–H groups in total. The van der Waals surface area contributed by atoms with Crippen LogP contribution in [0.15, 0.2) is 0 Å². The third kappa shape index (κ3) is 3.39. The minimum absolute atomic E-state index is 0.154. The number of hydrogen-bond donors (Lipinski definition) is 0. The molecule has 2 atom stereocenters. The Morgan fingerprint density at radius 3 is 2.56 bits per heavy atom. The molecule has 0 spiro atoms. The maximum atomic E-state index is 12.0. The lowest BCUT2D eigenvalue weighted by molar-refractivity contribution is 0.00276. The number of carbonyl (C=O) groups is 1. The quantitative estimate of drug-likeness (QED) is 0.687. The highest BCUT2D eigenvalue weighted by Gasteiger charge is 2.32. The van der Waals surface area contributed by atoms with E-state index in [0.29, 0.717) is 12.0 Å². The van der Waals surface area contributed by atoms with Crippen molar-refractivity contribution in [2.75, 3.05) is 6.54 Å². The molecule has 1 aliphatic heterocycles. The Kier molecular flexibility index (Phi) is 4.22. The molecule has 1 fully saturated rings. The predicted molar refractivity (Wildman–Crippen MR) is 65.4 cm³/mol. The topological polar surface area (TPSA) is 29.5 Å². The molecular formula is C13H25NO2. The van der Waals surface area contributed by atoms with Crippen LogP contribution in [0, 0.1) is 5.92 Å². The van der Waals surface area contributed by atoms with Crippen molar-refractivity contribution in [2.24, 2.45) is 5.92 Å². The van der Waals surface area contributed by atoms with Gasteiger partial charge in [0.2, 0.25) is 0 Å². The average Bonchev–Trinajstić information content (AvgIpc) is 2.15. The zero-order valence-electron chi connectivity index (χ0n) is 11.2. The lowest BCUT2D eigenvalue weighted by atomic mass is 9.88. The van der Waals surface area contributed by atoms with Gasteiger partial charge in [0.1, 0.15) is 5.60 Å². The molecule has 3 nitrogen and oxygen atoms in total. The number of carbonyl (C=O) groups excluding carboxylic acids is 1. The molecular weight excluding hydrogens is 202 g/mol. The van der Waals surface area contributed by atoms with Crippen molar-refractivity contribution in [2.45, 2.75) is 65.5 Å². The maximum Gasteiger partial charge on any atom is 0.410 e. The first kappa shape index (κ1) is 13.3. The molecule has 3 heteroatoms. The van der Waals surface area contributed by atoms with Gasteiger partial charge in [-0.15, -0.1) is 0 Å². The van der Waals surface area contributed by atoms with Crippen LogP contribution in [0.5, 0.6) is 0 Å². The predicted octanol–water partition coefficient (Wildman–Crippen LogP) is 3.43. The van der Waals surface area contributed by atoms with Crippen LogP contribution in [0.2, 0.25) is 0 Å². The first-order valence-electron chi connectivity index (χ1n) is 6.34. The van der Waals surface area contributed by atoms with Crippen molar-refractivity contribution in [3.8, 4) is 0 Å². The monoisotopic (exact) mass is 227 g/mol. The highest BCUT2D eigenvalue weighted by Crippen LogP contribution is 2.27. The van der Waals surface area contributed by atoms with Gasteiger partial charge >= 0.3 is 6.09 Å². The summed E-state index contributed by atoms with van der Waals surface area (Å²) in [6.45, 7) is 10.9. The molecule has 94 valence electrons. The van der Waals surface area contributed by atoms with Crippen molar-refractivity contribution in [1.29, 1.82) is 0 Å². The first-order chi connectivity index (χ1) is 7.35. The highest BCUT2D eigenvalue weighted by atomic mass is 16.6. The molecule has 0 saturated carbocycles. The zero-order valence-corrected chi connectivity index (χ0v) is 11.2. The van der Waals surface area contributed by atoms with Gasteiger partial charge in [0, 0.05) is 12.6 Å². The Labute approximate surface area is 99.1 Å². The second kappa shape index (κ2) is 5.07. The lowest BCUT2D eigenvalue weighted by Gasteiger charge is -2.39. The van der Waals surface area contributed by atoms with Crippen molar-refractivity contribution in [3.63, 3.8) is 0 Å². The Bertz CT molecular complexity index is 245. The number of ether oxygens (including phenoxy) is 1. The van der Waals surface area contributed by atoms with Gasteiger partial charge in [0.15, 0.2) is 0 Å². The van der Waals surface area contributed by atoms with E-state index in [1.54, 1.807) is 0 Å². The minimum atomic E-state index is -0.393. The molecule has 1 rings (SSSR count). The van der Waals surface area contributed by atoms with Crippen molar-refractivity contribution in [1.82, 2.24) is 4.90 Å². The molecule has 0 aliphatic carbocycles. The number of rotatable bonds is 1. The largest absolute Gasteiger partial charge is 0.444 e. The number of amides is 1. The molecule has 0 aromatic heterocycles. The standard InChI is InChI=1S/C13H25NO2/c1-6-11-8-7-9-14(10(11)2)12(15)16-13(3,4)5/h10-11H,6-9H2,1-5H3. The SMILES string of the molecule is CCC1CCCN(C(=O)OC(C)(C)C)C1C. The molecule has 1 aliphatic rings. The van der Waals surface area contributed by atoms with Crippen LogP contribution in [-0.2, 0) is 4.74 Å². The number of piperidine rings is 1. The Morgan fingerprint density at radius 2 is 2.06 bits per heavy atom. The summed E-state index contributed by atoms with van der Waals surface area (Å²) >= 11 is 0. The summed E-state index contributed by atoms with van der Waals surface area (Å²) in [7, 11) is 0. The molecule has 0 aromatic carbocycles. The fourth-order valence-corrected chi connectivity index (χ4v) is 2.35. The second-order valence-electron chi connectivity index (χ2n) is 5.72. The van der Waals surface area contributed by atoms with Crippen molar-refractivity contribution < 1.29 is 9.53 Å². The fourth-order valence-electron chi connectivity index (χ4n) is 2.35. The van der Waals surface area contributed by atoms with E-state index in [1.165, 1.54) is 6.42 Å². The number of likely N-dealkylation sites (tertiary alicyclic amines) is 1. The summed E-state index contributed by atoms with van der Waals surface area (Å²) < 4.78 is 5.43. The van der Waals surface area contributed by atoms with E-state index in [2.05, 4.69) is 13.8 Å². The normalized spacial score (nSPS) is 26.7. The molecule has 16 heavy (non-hydrogen) atoms. The van der Waals surface area contributed by atoms with Crippen molar-refractivity contribution >= 4 is 6.09 Å². The zero-order chi connectivity index (χ0) is 12.3. The molecule has 1 heterocycles. The van der Waals surface area contributed by atoms with Crippen LogP contribution in [0.1, 0.15) is 53.9 Å². The third-order valence-electron chi connectivity index (χ3n) is 3.30. The Hall–Kier alpha value is -0.730. The smallest absolute Gasteiger partial charge is 0.410 e. The van der Waals surface area contributed by atoms with Crippen LogP contribution in [0.3, 0.4) is 0 Å². The van der Waals surface area contributed by atoms with Gasteiger partial charge in [0.05, 0.1) is 0 Å². The molecule has 0 aromatic rings. The van der Waals surface area contributed by atoms with Gasteiger partial charge in [-0.25, -0.2) is 4.79 Å². The van der Waals surface area contributed by atoms with Gasteiger partial charge in [-0.2, -0.15) is 0 Å². The maximum absolute atomic E-state index is 12.0. The number of hydrogen-bond acceptors (Lipinski definition) is 2. The fraction of sp³-hybridized carbons (Fsp3) is 0.923. The van der Waals surface area contributed by atoms with E-state index in [1.807, 2.05) is 25.7 Å². The van der Waals surface area contributed by atoms with Gasteiger partial charge in [-0.05, 0) is 46.5 Å². The first-order valence-corrected chi connectivity index (χ1v) is 6.34. The van der Waals surface area contributed by atoms with Crippen LogP contribution < -0.4 is 0 Å². The van der Waals surface area contributed by atoms with E-state index >= 15 is 0 Å². The summed E-state index contributed by atoms with van der Waals surface area (Å²) in [6.07, 6.45) is 3.32. The van der Waals surface area contributed by atoms with Gasteiger partial charge < -0.3 is 9.64 Å². The van der Waals surface area contributed by atoms with Crippen LogP contribution in [0.4, 0.5) is 4.79 Å². The van der Waals surface area contributed by atoms with Gasteiger partial charge in [0.25, 0.3) is 0 Å². The average molecular weight is 227 g/mol. The Balaban J connectivity index is 2.61. The lowest BCUT2D eigenvalue weighted by Crippen LogP contribution is -2.48. The summed E-state index contributed by atoms with van der Waals surface area (Å²) in [5.41, 5.74) is -0.393. The summed E-state index contributed by atoms with van der Waals surface area (Å²) in [5, 5.41) is 0. The van der Waals surface area contributed by atoms with E-state index < -0.39 is 5.60 Å². The van der Waals surface area contributed by atoms with Crippen LogP contribution in [0.25, 0.3) is 0 Å². The Morgan fingerprint density at radius 1 is 1.44 bits per heavy atom. The molecule has 0 radical (unpaired) electrons. The molecule has 1 saturated heterocycles. The van der Waals surface area contributed by atoms with Gasteiger partial charge in [-0.3, -0.25) is 0 Å². The highest BCUT2D eigenvalue weighted by molar-refractivity contribution is 5.68. The summed E-state index contributed by atoms with van der Waals surface area (Å²) in [4.78, 5) is 13.9. The van der Waals surface area contributed by atoms with Crippen LogP contribution >= 0.6 is 0 Å². The number of nitrogens with zero attached hydrogens (tertiary/aromatic N) is 1. The van der Waals surface area contributed by atoms with E-state index in [4.69, 9.17) is 4.74 Å². The van der Waals surface area contributed by atoms with E-state index in [0.717, 1.165) is 19.4 Å². The third-order valence-corrected chi connectivity index (χ3v) is 3.30. The van der Waals surface area contributed by atoms with E-state index in [9.17, 15) is 4.79 Å². The molecule has 0 bridgehead atoms. The van der Waals surface area contributed by atoms with Gasteiger partial charge in [-0.1, -0.05) is 13.3 Å². The summed E-state index contributed by atoms with van der Waals surface area (Å²) in [6, 6.07) is 0.314. The summed E-state index contributed by atoms with van der Waals surface area (Å²) in [5.74, 6) is 0.626. The van der Waals surface area contributed by atoms with Crippen LogP contribution in [-0.4, -0.2) is 29.2 Å². The molecule has 2 unspecified atom stereocenters. The van der Waals surface area contributed by atoms with Crippen molar-refractivity contribution in [3.05, 3.63) is 0 Å². The molecule has 1 amide bonds. The minimum Gasteiger partial charge on any atom is -0.444 e. The van der Waals surface area contributed by atoms with E-state index in [-0.39, 0.29) is 6.09 Å². The second-order valence-corrected chi connectivity index (χ2v) is 5.72.